The Morgan fingerprint density at radius 1 is 1.38 bits per heavy atom. The van der Waals surface area contributed by atoms with Crippen molar-refractivity contribution in [3.05, 3.63) is 51.3 Å². The number of hydrogen-bond donors (Lipinski definition) is 0. The highest BCUT2D eigenvalue weighted by Crippen LogP contribution is 2.43. The average molecular weight is 353 g/mol. The van der Waals surface area contributed by atoms with Gasteiger partial charge in [-0.3, -0.25) is 4.79 Å². The molecule has 0 unspecified atom stereocenters. The second kappa shape index (κ2) is 6.31. The first-order valence-corrected chi connectivity index (χ1v) is 9.22. The largest absolute Gasteiger partial charge is 0.493 e. The second-order valence-electron chi connectivity index (χ2n) is 7.25. The van der Waals surface area contributed by atoms with Crippen molar-refractivity contribution >= 4 is 5.97 Å². The number of rotatable bonds is 3. The molecule has 0 fully saturated rings. The molecule has 0 radical (unpaired) electrons. The molecule has 0 saturated heterocycles. The van der Waals surface area contributed by atoms with E-state index in [0.29, 0.717) is 12.5 Å². The number of nitrogens with zero attached hydrogens (tertiary/aromatic N) is 1. The second-order valence-corrected chi connectivity index (χ2v) is 7.25. The van der Waals surface area contributed by atoms with Crippen molar-refractivity contribution < 1.29 is 14.3 Å². The van der Waals surface area contributed by atoms with Crippen LogP contribution in [0, 0.1) is 5.92 Å². The third-order valence-electron chi connectivity index (χ3n) is 5.35. The van der Waals surface area contributed by atoms with Gasteiger partial charge in [-0.05, 0) is 30.9 Å². The van der Waals surface area contributed by atoms with Crippen LogP contribution in [-0.2, 0) is 17.6 Å². The monoisotopic (exact) mass is 353 g/mol. The van der Waals surface area contributed by atoms with Crippen LogP contribution in [-0.4, -0.2) is 23.8 Å². The fraction of sp³-hybridized carbons (Fsp3) is 0.429. The van der Waals surface area contributed by atoms with Gasteiger partial charge in [-0.1, -0.05) is 19.9 Å². The summed E-state index contributed by atoms with van der Waals surface area (Å²) in [5.74, 6) is 0.715. The molecular weight excluding hydrogens is 330 g/mol. The molecule has 0 N–H and O–H groups in total. The van der Waals surface area contributed by atoms with Crippen molar-refractivity contribution in [2.24, 2.45) is 5.92 Å². The first-order valence-electron chi connectivity index (χ1n) is 9.22. The molecule has 26 heavy (non-hydrogen) atoms. The average Bonchev–Trinajstić information content (AvgIpc) is 3.08. The molecule has 2 aliphatic rings. The number of ether oxygens (including phenoxy) is 2. The minimum atomic E-state index is -0.553. The molecule has 0 aliphatic carbocycles. The van der Waals surface area contributed by atoms with E-state index in [1.807, 2.05) is 6.07 Å². The lowest BCUT2D eigenvalue weighted by atomic mass is 9.84. The summed E-state index contributed by atoms with van der Waals surface area (Å²) < 4.78 is 12.9. The number of benzene rings is 1. The third-order valence-corrected chi connectivity index (χ3v) is 5.35. The number of fused-ring (bicyclic) bond motifs is 5. The summed E-state index contributed by atoms with van der Waals surface area (Å²) in [4.78, 5) is 24.9. The molecule has 2 aromatic rings. The maximum atomic E-state index is 12.6. The highest BCUT2D eigenvalue weighted by atomic mass is 16.5. The summed E-state index contributed by atoms with van der Waals surface area (Å²) in [6.07, 6.45) is 3.41. The van der Waals surface area contributed by atoms with Gasteiger partial charge < -0.3 is 14.0 Å². The van der Waals surface area contributed by atoms with Crippen LogP contribution < -0.4 is 10.2 Å². The van der Waals surface area contributed by atoms with E-state index in [2.05, 4.69) is 24.5 Å². The summed E-state index contributed by atoms with van der Waals surface area (Å²) in [6, 6.07) is 5.94. The van der Waals surface area contributed by atoms with Crippen molar-refractivity contribution in [3.8, 4) is 17.0 Å². The quantitative estimate of drug-likeness (QED) is 0.794. The summed E-state index contributed by atoms with van der Waals surface area (Å²) in [6.45, 7) is 6.99. The van der Waals surface area contributed by atoms with Crippen molar-refractivity contribution in [2.75, 3.05) is 13.2 Å². The van der Waals surface area contributed by atoms with Gasteiger partial charge in [0.2, 0.25) is 0 Å². The highest BCUT2D eigenvalue weighted by Gasteiger charge is 2.31. The first-order chi connectivity index (χ1) is 12.5. The number of hydrogen-bond acceptors (Lipinski definition) is 4. The number of aromatic nitrogens is 1. The Morgan fingerprint density at radius 3 is 2.92 bits per heavy atom. The summed E-state index contributed by atoms with van der Waals surface area (Å²) >= 11 is 0. The fourth-order valence-electron chi connectivity index (χ4n) is 4.08. The minimum absolute atomic E-state index is 0.105. The van der Waals surface area contributed by atoms with Crippen LogP contribution in [0.3, 0.4) is 0 Å². The van der Waals surface area contributed by atoms with Gasteiger partial charge >= 0.3 is 5.97 Å². The van der Waals surface area contributed by atoms with Crippen LogP contribution in [0.15, 0.2) is 29.2 Å². The van der Waals surface area contributed by atoms with Gasteiger partial charge in [0, 0.05) is 35.9 Å². The Kier molecular flexibility index (Phi) is 4.10. The fourth-order valence-corrected chi connectivity index (χ4v) is 4.08. The first kappa shape index (κ1) is 16.9. The van der Waals surface area contributed by atoms with Crippen molar-refractivity contribution in [1.29, 1.82) is 0 Å². The maximum absolute atomic E-state index is 12.6. The molecule has 1 aromatic carbocycles. The molecule has 136 valence electrons. The van der Waals surface area contributed by atoms with E-state index in [-0.39, 0.29) is 23.6 Å². The molecule has 5 nitrogen and oxygen atoms in total. The summed E-state index contributed by atoms with van der Waals surface area (Å²) in [5.41, 5.74) is 4.21. The van der Waals surface area contributed by atoms with E-state index < -0.39 is 5.97 Å². The lowest BCUT2D eigenvalue weighted by Gasteiger charge is -2.34. The van der Waals surface area contributed by atoms with Crippen LogP contribution in [0.1, 0.15) is 48.3 Å². The van der Waals surface area contributed by atoms with Crippen molar-refractivity contribution in [2.45, 2.75) is 39.7 Å². The molecular formula is C21H23NO4. The molecule has 0 saturated carbocycles. The Balaban J connectivity index is 1.96. The predicted octanol–water partition coefficient (Wildman–Crippen LogP) is 3.38. The number of pyridine rings is 1. The lowest BCUT2D eigenvalue weighted by molar-refractivity contribution is 0.0523. The van der Waals surface area contributed by atoms with Crippen LogP contribution in [0.4, 0.5) is 0 Å². The topological polar surface area (TPSA) is 57.5 Å². The molecule has 0 amide bonds. The highest BCUT2D eigenvalue weighted by molar-refractivity contribution is 5.89. The van der Waals surface area contributed by atoms with Gasteiger partial charge in [-0.15, -0.1) is 0 Å². The van der Waals surface area contributed by atoms with Gasteiger partial charge in [-0.25, -0.2) is 4.79 Å². The van der Waals surface area contributed by atoms with Crippen LogP contribution >= 0.6 is 0 Å². The van der Waals surface area contributed by atoms with E-state index in [1.165, 1.54) is 11.1 Å². The molecule has 1 atom stereocenters. The van der Waals surface area contributed by atoms with E-state index >= 15 is 0 Å². The molecule has 1 aromatic heterocycles. The Morgan fingerprint density at radius 2 is 2.19 bits per heavy atom. The van der Waals surface area contributed by atoms with E-state index in [4.69, 9.17) is 9.47 Å². The maximum Gasteiger partial charge on any atom is 0.343 e. The zero-order valence-corrected chi connectivity index (χ0v) is 15.4. The zero-order valence-electron chi connectivity index (χ0n) is 15.4. The summed E-state index contributed by atoms with van der Waals surface area (Å²) in [7, 11) is 0. The van der Waals surface area contributed by atoms with Crippen LogP contribution in [0.25, 0.3) is 11.3 Å². The Bertz CT molecular complexity index is 942. The van der Waals surface area contributed by atoms with Gasteiger partial charge in [0.1, 0.15) is 11.3 Å². The van der Waals surface area contributed by atoms with Crippen molar-refractivity contribution in [3.63, 3.8) is 0 Å². The standard InChI is InChI=1S/C21H23NO4/c1-4-25-21(24)15-11-22-16(12(2)3)9-13-5-6-19-14(7-8-26-19)20(13)17(22)10-18(15)23/h5-6,10-12,16H,4,7-9H2,1-3H3/t16-/m0/s1. The van der Waals surface area contributed by atoms with E-state index in [9.17, 15) is 9.59 Å². The zero-order chi connectivity index (χ0) is 18.4. The molecule has 2 aliphatic heterocycles. The molecule has 3 heterocycles. The Hall–Kier alpha value is -2.56. The SMILES string of the molecule is CCOC(=O)c1cn2c(cc1=O)-c1c(ccc3c1CCO3)C[C@H]2C(C)C. The molecule has 4 rings (SSSR count). The van der Waals surface area contributed by atoms with Gasteiger partial charge in [0.15, 0.2) is 5.43 Å². The number of carbonyl (C=O) groups excluding carboxylic acids is 1. The number of carbonyl (C=O) groups is 1. The minimum Gasteiger partial charge on any atom is -0.493 e. The number of esters is 1. The normalized spacial score (nSPS) is 17.3. The van der Waals surface area contributed by atoms with Gasteiger partial charge in [0.25, 0.3) is 0 Å². The van der Waals surface area contributed by atoms with Crippen LogP contribution in [0.5, 0.6) is 5.75 Å². The molecule has 0 spiro atoms. The third kappa shape index (κ3) is 2.54. The van der Waals surface area contributed by atoms with E-state index in [0.717, 1.165) is 29.8 Å². The Labute approximate surface area is 152 Å². The summed E-state index contributed by atoms with van der Waals surface area (Å²) in [5, 5.41) is 0. The van der Waals surface area contributed by atoms with E-state index in [1.54, 1.807) is 19.2 Å². The lowest BCUT2D eigenvalue weighted by Crippen LogP contribution is -2.29. The molecule has 5 heteroatoms. The predicted molar refractivity (Wildman–Crippen MR) is 98.9 cm³/mol. The van der Waals surface area contributed by atoms with Gasteiger partial charge in [-0.2, -0.15) is 0 Å². The van der Waals surface area contributed by atoms with Crippen molar-refractivity contribution in [1.82, 2.24) is 4.57 Å². The van der Waals surface area contributed by atoms with Gasteiger partial charge in [0.05, 0.1) is 18.9 Å². The van der Waals surface area contributed by atoms with Crippen LogP contribution in [0.2, 0.25) is 0 Å². The molecule has 0 bridgehead atoms. The smallest absolute Gasteiger partial charge is 0.343 e.